The molecule has 162 valence electrons. The van der Waals surface area contributed by atoms with Crippen LogP contribution in [0, 0.1) is 25.2 Å². The first-order valence-corrected chi connectivity index (χ1v) is 10.6. The van der Waals surface area contributed by atoms with Crippen LogP contribution in [0.4, 0.5) is 5.69 Å². The molecule has 0 fully saturated rings. The molecule has 2 heterocycles. The average Bonchev–Trinajstić information content (AvgIpc) is 3.06. The fraction of sp³-hybridized carbons (Fsp3) is 0.167. The number of amides is 1. The third-order valence-electron chi connectivity index (χ3n) is 5.11. The molecule has 32 heavy (non-hydrogen) atoms. The standard InChI is InChI=1S/C24H19Cl2N3O3/c1-14-10-16(15(2)29(14)20-5-3-4-19(25)23(20)26)11-17(13-27)24(30)28-18-6-7-21-22(12-18)32-9-8-31-21/h3-7,10-12H,8-9H2,1-2H3,(H,28,30)/b17-11+. The van der Waals surface area contributed by atoms with Gasteiger partial charge in [0.05, 0.1) is 15.7 Å². The van der Waals surface area contributed by atoms with Crippen molar-refractivity contribution in [2.75, 3.05) is 18.5 Å². The van der Waals surface area contributed by atoms with Crippen LogP contribution in [0.15, 0.2) is 48.0 Å². The van der Waals surface area contributed by atoms with E-state index in [4.69, 9.17) is 32.7 Å². The van der Waals surface area contributed by atoms with E-state index in [-0.39, 0.29) is 5.57 Å². The summed E-state index contributed by atoms with van der Waals surface area (Å²) in [5, 5.41) is 13.2. The van der Waals surface area contributed by atoms with Crippen LogP contribution in [0.5, 0.6) is 11.5 Å². The molecule has 0 radical (unpaired) electrons. The van der Waals surface area contributed by atoms with Gasteiger partial charge in [-0.15, -0.1) is 0 Å². The van der Waals surface area contributed by atoms with E-state index in [2.05, 4.69) is 5.32 Å². The molecule has 1 aliphatic heterocycles. The van der Waals surface area contributed by atoms with Crippen molar-refractivity contribution in [3.8, 4) is 23.3 Å². The van der Waals surface area contributed by atoms with Crippen LogP contribution in [-0.2, 0) is 4.79 Å². The van der Waals surface area contributed by atoms with E-state index in [1.54, 1.807) is 30.3 Å². The number of ether oxygens (including phenoxy) is 2. The Kier molecular flexibility index (Phi) is 6.13. The molecule has 4 rings (SSSR count). The van der Waals surface area contributed by atoms with Crippen molar-refractivity contribution < 1.29 is 14.3 Å². The first-order chi connectivity index (χ1) is 15.4. The second kappa shape index (κ2) is 8.99. The average molecular weight is 468 g/mol. The summed E-state index contributed by atoms with van der Waals surface area (Å²) in [6.45, 7) is 4.74. The Morgan fingerprint density at radius 2 is 1.88 bits per heavy atom. The summed E-state index contributed by atoms with van der Waals surface area (Å²) in [6, 6.07) is 14.4. The van der Waals surface area contributed by atoms with Gasteiger partial charge < -0.3 is 19.4 Å². The number of halogens is 2. The van der Waals surface area contributed by atoms with Gasteiger partial charge in [0.25, 0.3) is 5.91 Å². The Hall–Kier alpha value is -3.40. The number of aryl methyl sites for hydroxylation is 1. The normalized spacial score (nSPS) is 12.9. The van der Waals surface area contributed by atoms with Gasteiger partial charge >= 0.3 is 0 Å². The summed E-state index contributed by atoms with van der Waals surface area (Å²) >= 11 is 12.6. The van der Waals surface area contributed by atoms with Crippen molar-refractivity contribution in [2.24, 2.45) is 0 Å². The van der Waals surface area contributed by atoms with Gasteiger partial charge in [0, 0.05) is 23.1 Å². The predicted octanol–water partition coefficient (Wildman–Crippen LogP) is 5.72. The monoisotopic (exact) mass is 467 g/mol. The third-order valence-corrected chi connectivity index (χ3v) is 5.92. The number of hydrogen-bond acceptors (Lipinski definition) is 4. The fourth-order valence-electron chi connectivity index (χ4n) is 3.59. The molecule has 3 aromatic rings. The molecular weight excluding hydrogens is 449 g/mol. The third kappa shape index (κ3) is 4.18. The van der Waals surface area contributed by atoms with Gasteiger partial charge in [0.15, 0.2) is 11.5 Å². The molecule has 0 saturated carbocycles. The maximum atomic E-state index is 12.8. The smallest absolute Gasteiger partial charge is 0.266 e. The van der Waals surface area contributed by atoms with Gasteiger partial charge in [-0.1, -0.05) is 29.3 Å². The first kappa shape index (κ1) is 21.8. The number of carbonyl (C=O) groups excluding carboxylic acids is 1. The second-order valence-corrected chi connectivity index (χ2v) is 8.00. The van der Waals surface area contributed by atoms with Crippen LogP contribution in [0.3, 0.4) is 0 Å². The van der Waals surface area contributed by atoms with Crippen molar-refractivity contribution in [1.29, 1.82) is 5.26 Å². The van der Waals surface area contributed by atoms with Crippen LogP contribution in [0.2, 0.25) is 10.0 Å². The summed E-state index contributed by atoms with van der Waals surface area (Å²) in [5.74, 6) is 0.658. The highest BCUT2D eigenvalue weighted by atomic mass is 35.5. The van der Waals surface area contributed by atoms with Crippen molar-refractivity contribution in [3.63, 3.8) is 0 Å². The number of nitrogens with one attached hydrogen (secondary N) is 1. The number of nitrogens with zero attached hydrogens (tertiary/aromatic N) is 2. The Morgan fingerprint density at radius 3 is 2.62 bits per heavy atom. The first-order valence-electron chi connectivity index (χ1n) is 9.85. The zero-order chi connectivity index (χ0) is 22.8. The molecule has 1 aromatic heterocycles. The maximum absolute atomic E-state index is 12.8. The molecular formula is C24H19Cl2N3O3. The Bertz CT molecular complexity index is 1290. The lowest BCUT2D eigenvalue weighted by Crippen LogP contribution is -2.17. The molecule has 2 aromatic carbocycles. The van der Waals surface area contributed by atoms with E-state index in [1.807, 2.05) is 42.7 Å². The minimum absolute atomic E-state index is 0.0302. The Labute approximate surface area is 195 Å². The van der Waals surface area contributed by atoms with Crippen molar-refractivity contribution >= 4 is 40.9 Å². The molecule has 0 aliphatic carbocycles. The second-order valence-electron chi connectivity index (χ2n) is 7.22. The lowest BCUT2D eigenvalue weighted by atomic mass is 10.1. The molecule has 1 amide bonds. The number of nitriles is 1. The lowest BCUT2D eigenvalue weighted by molar-refractivity contribution is -0.112. The van der Waals surface area contributed by atoms with Gasteiger partial charge in [-0.2, -0.15) is 5.26 Å². The maximum Gasteiger partial charge on any atom is 0.266 e. The lowest BCUT2D eigenvalue weighted by Gasteiger charge is -2.18. The predicted molar refractivity (Wildman–Crippen MR) is 125 cm³/mol. The summed E-state index contributed by atoms with van der Waals surface area (Å²) in [7, 11) is 0. The molecule has 1 aliphatic rings. The van der Waals surface area contributed by atoms with E-state index in [9.17, 15) is 10.1 Å². The molecule has 0 bridgehead atoms. The zero-order valence-electron chi connectivity index (χ0n) is 17.4. The molecule has 0 saturated heterocycles. The molecule has 0 spiro atoms. The summed E-state index contributed by atoms with van der Waals surface area (Å²) in [5.41, 5.74) is 3.66. The summed E-state index contributed by atoms with van der Waals surface area (Å²) in [4.78, 5) is 12.8. The largest absolute Gasteiger partial charge is 0.486 e. The van der Waals surface area contributed by atoms with Crippen LogP contribution in [-0.4, -0.2) is 23.7 Å². The molecule has 0 atom stereocenters. The highest BCUT2D eigenvalue weighted by molar-refractivity contribution is 6.43. The Balaban J connectivity index is 1.63. The minimum Gasteiger partial charge on any atom is -0.486 e. The summed E-state index contributed by atoms with van der Waals surface area (Å²) in [6.07, 6.45) is 1.56. The highest BCUT2D eigenvalue weighted by Gasteiger charge is 2.17. The number of hydrogen-bond donors (Lipinski definition) is 1. The van der Waals surface area contributed by atoms with Gasteiger partial charge in [0.1, 0.15) is 24.9 Å². The van der Waals surface area contributed by atoms with Crippen molar-refractivity contribution in [1.82, 2.24) is 4.57 Å². The highest BCUT2D eigenvalue weighted by Crippen LogP contribution is 2.34. The van der Waals surface area contributed by atoms with Gasteiger partial charge in [-0.3, -0.25) is 4.79 Å². The molecule has 8 heteroatoms. The van der Waals surface area contributed by atoms with Crippen LogP contribution in [0.25, 0.3) is 11.8 Å². The number of benzene rings is 2. The van der Waals surface area contributed by atoms with Crippen LogP contribution >= 0.6 is 23.2 Å². The quantitative estimate of drug-likeness (QED) is 0.393. The van der Waals surface area contributed by atoms with E-state index in [1.165, 1.54) is 0 Å². The van der Waals surface area contributed by atoms with E-state index in [0.29, 0.717) is 40.4 Å². The van der Waals surface area contributed by atoms with Gasteiger partial charge in [-0.25, -0.2) is 0 Å². The van der Waals surface area contributed by atoms with Crippen molar-refractivity contribution in [3.05, 3.63) is 75.0 Å². The Morgan fingerprint density at radius 1 is 1.12 bits per heavy atom. The van der Waals surface area contributed by atoms with E-state index < -0.39 is 5.91 Å². The molecule has 0 unspecified atom stereocenters. The summed E-state index contributed by atoms with van der Waals surface area (Å²) < 4.78 is 13.0. The van der Waals surface area contributed by atoms with Crippen LogP contribution in [0.1, 0.15) is 17.0 Å². The number of carbonyl (C=O) groups is 1. The SMILES string of the molecule is Cc1cc(/C=C(\C#N)C(=O)Nc2ccc3c(c2)OCCO3)c(C)n1-c1cccc(Cl)c1Cl. The van der Waals surface area contributed by atoms with E-state index in [0.717, 1.165) is 22.6 Å². The van der Waals surface area contributed by atoms with Crippen LogP contribution < -0.4 is 14.8 Å². The van der Waals surface area contributed by atoms with Gasteiger partial charge in [0.2, 0.25) is 0 Å². The number of aromatic nitrogens is 1. The number of rotatable bonds is 4. The number of fused-ring (bicyclic) bond motifs is 1. The fourth-order valence-corrected chi connectivity index (χ4v) is 3.97. The minimum atomic E-state index is -0.519. The molecule has 1 N–H and O–H groups in total. The molecule has 6 nitrogen and oxygen atoms in total. The topological polar surface area (TPSA) is 76.3 Å². The number of anilines is 1. The zero-order valence-corrected chi connectivity index (χ0v) is 18.9. The van der Waals surface area contributed by atoms with Gasteiger partial charge in [-0.05, 0) is 55.8 Å². The van der Waals surface area contributed by atoms with Crippen molar-refractivity contribution in [2.45, 2.75) is 13.8 Å². The van der Waals surface area contributed by atoms with E-state index >= 15 is 0 Å².